The topological polar surface area (TPSA) is 54.2 Å². The molecule has 0 bridgehead atoms. The summed E-state index contributed by atoms with van der Waals surface area (Å²) in [5.41, 5.74) is 2.82. The monoisotopic (exact) mass is 367 g/mol. The summed E-state index contributed by atoms with van der Waals surface area (Å²) < 4.78 is 40.1. The van der Waals surface area contributed by atoms with Crippen LogP contribution in [0.4, 0.5) is 13.2 Å². The van der Waals surface area contributed by atoms with Gasteiger partial charge in [-0.15, -0.1) is 0 Å². The van der Waals surface area contributed by atoms with Crippen molar-refractivity contribution < 1.29 is 13.2 Å². The highest BCUT2D eigenvalue weighted by Gasteiger charge is 2.36. The SMILES string of the molecule is CN=C(NCCc1cc(C)cc(C)c1)NCc1cn(C)nc1C(F)(F)F. The normalized spacial score (nSPS) is 12.3. The average Bonchev–Trinajstić information content (AvgIpc) is 2.91. The number of nitrogens with zero attached hydrogens (tertiary/aromatic N) is 3. The molecule has 5 nitrogen and oxygen atoms in total. The molecule has 0 radical (unpaired) electrons. The van der Waals surface area contributed by atoms with Crippen LogP contribution in [-0.4, -0.2) is 29.3 Å². The first kappa shape index (κ1) is 19.8. The van der Waals surface area contributed by atoms with E-state index in [1.165, 1.54) is 29.9 Å². The number of aliphatic imine (C=N–C) groups is 1. The van der Waals surface area contributed by atoms with Crippen molar-refractivity contribution in [2.75, 3.05) is 13.6 Å². The summed E-state index contributed by atoms with van der Waals surface area (Å²) in [6, 6.07) is 6.36. The molecule has 1 aromatic heterocycles. The molecular formula is C18H24F3N5. The maximum Gasteiger partial charge on any atom is 0.435 e. The molecule has 26 heavy (non-hydrogen) atoms. The van der Waals surface area contributed by atoms with Crippen molar-refractivity contribution in [3.8, 4) is 0 Å². The highest BCUT2D eigenvalue weighted by atomic mass is 19.4. The summed E-state index contributed by atoms with van der Waals surface area (Å²) in [6.45, 7) is 4.72. The second-order valence-electron chi connectivity index (χ2n) is 6.27. The molecule has 0 aliphatic rings. The van der Waals surface area contributed by atoms with Gasteiger partial charge < -0.3 is 10.6 Å². The van der Waals surface area contributed by atoms with Crippen LogP contribution in [0.3, 0.4) is 0 Å². The van der Waals surface area contributed by atoms with E-state index in [4.69, 9.17) is 0 Å². The first-order valence-corrected chi connectivity index (χ1v) is 8.30. The number of nitrogens with one attached hydrogen (secondary N) is 2. The predicted molar refractivity (Wildman–Crippen MR) is 96.0 cm³/mol. The summed E-state index contributed by atoms with van der Waals surface area (Å²) in [5, 5.41) is 9.52. The van der Waals surface area contributed by atoms with E-state index in [1.54, 1.807) is 7.05 Å². The van der Waals surface area contributed by atoms with Crippen LogP contribution >= 0.6 is 0 Å². The zero-order chi connectivity index (χ0) is 19.3. The summed E-state index contributed by atoms with van der Waals surface area (Å²) in [4.78, 5) is 4.05. The van der Waals surface area contributed by atoms with E-state index in [9.17, 15) is 13.2 Å². The Bertz CT molecular complexity index is 757. The minimum Gasteiger partial charge on any atom is -0.356 e. The van der Waals surface area contributed by atoms with Gasteiger partial charge in [0.25, 0.3) is 0 Å². The highest BCUT2D eigenvalue weighted by Crippen LogP contribution is 2.30. The molecule has 0 saturated heterocycles. The number of alkyl halides is 3. The lowest BCUT2D eigenvalue weighted by Gasteiger charge is -2.13. The van der Waals surface area contributed by atoms with Gasteiger partial charge in [0.15, 0.2) is 11.7 Å². The third-order valence-electron chi connectivity index (χ3n) is 3.83. The lowest BCUT2D eigenvalue weighted by molar-refractivity contribution is -0.142. The van der Waals surface area contributed by atoms with Gasteiger partial charge in [0.2, 0.25) is 0 Å². The molecule has 8 heteroatoms. The lowest BCUT2D eigenvalue weighted by atomic mass is 10.1. The van der Waals surface area contributed by atoms with Gasteiger partial charge in [-0.2, -0.15) is 18.3 Å². The smallest absolute Gasteiger partial charge is 0.356 e. The Morgan fingerprint density at radius 2 is 1.81 bits per heavy atom. The predicted octanol–water partition coefficient (Wildman–Crippen LogP) is 2.96. The number of aromatic nitrogens is 2. The maximum absolute atomic E-state index is 13.0. The number of guanidine groups is 1. The molecule has 0 amide bonds. The van der Waals surface area contributed by atoms with Gasteiger partial charge in [0, 0.05) is 38.9 Å². The van der Waals surface area contributed by atoms with Gasteiger partial charge in [0.1, 0.15) is 0 Å². The summed E-state index contributed by atoms with van der Waals surface area (Å²) in [5.74, 6) is 0.450. The molecule has 142 valence electrons. The Morgan fingerprint density at radius 1 is 1.15 bits per heavy atom. The van der Waals surface area contributed by atoms with Crippen molar-refractivity contribution >= 4 is 5.96 Å². The molecule has 0 fully saturated rings. The number of hydrogen-bond acceptors (Lipinski definition) is 2. The number of halogens is 3. The second kappa shape index (κ2) is 8.25. The van der Waals surface area contributed by atoms with Crippen molar-refractivity contribution in [1.82, 2.24) is 20.4 Å². The van der Waals surface area contributed by atoms with Gasteiger partial charge in [0.05, 0.1) is 0 Å². The fourth-order valence-corrected chi connectivity index (χ4v) is 2.84. The summed E-state index contributed by atoms with van der Waals surface area (Å²) in [6.07, 6.45) is -2.32. The molecule has 2 rings (SSSR count). The third kappa shape index (κ3) is 5.50. The van der Waals surface area contributed by atoms with E-state index < -0.39 is 11.9 Å². The molecule has 1 heterocycles. The van der Waals surface area contributed by atoms with Crippen LogP contribution in [-0.2, 0) is 26.2 Å². The van der Waals surface area contributed by atoms with E-state index in [0.29, 0.717) is 12.5 Å². The molecule has 0 aliphatic carbocycles. The number of hydrogen-bond donors (Lipinski definition) is 2. The van der Waals surface area contributed by atoms with Crippen molar-refractivity contribution in [2.24, 2.45) is 12.0 Å². The van der Waals surface area contributed by atoms with Crippen LogP contribution < -0.4 is 10.6 Å². The van der Waals surface area contributed by atoms with E-state index in [-0.39, 0.29) is 12.1 Å². The fourth-order valence-electron chi connectivity index (χ4n) is 2.84. The number of rotatable bonds is 5. The Kier molecular flexibility index (Phi) is 6.28. The van der Waals surface area contributed by atoms with Gasteiger partial charge in [-0.3, -0.25) is 9.67 Å². The van der Waals surface area contributed by atoms with Crippen LogP contribution in [0.15, 0.2) is 29.4 Å². The fraction of sp³-hybridized carbons (Fsp3) is 0.444. The van der Waals surface area contributed by atoms with Crippen molar-refractivity contribution in [3.05, 3.63) is 52.3 Å². The third-order valence-corrected chi connectivity index (χ3v) is 3.83. The molecule has 0 aliphatic heterocycles. The average molecular weight is 367 g/mol. The molecule has 0 spiro atoms. The zero-order valence-corrected chi connectivity index (χ0v) is 15.4. The van der Waals surface area contributed by atoms with Crippen LogP contribution in [0.1, 0.15) is 27.9 Å². The van der Waals surface area contributed by atoms with Crippen LogP contribution in [0.2, 0.25) is 0 Å². The second-order valence-corrected chi connectivity index (χ2v) is 6.27. The quantitative estimate of drug-likeness (QED) is 0.631. The Hall–Kier alpha value is -2.51. The van der Waals surface area contributed by atoms with Crippen LogP contribution in [0, 0.1) is 13.8 Å². The largest absolute Gasteiger partial charge is 0.435 e. The molecule has 2 aromatic rings. The van der Waals surface area contributed by atoms with E-state index in [1.807, 2.05) is 0 Å². The Morgan fingerprint density at radius 3 is 2.38 bits per heavy atom. The van der Waals surface area contributed by atoms with Gasteiger partial charge in [-0.25, -0.2) is 0 Å². The Balaban J connectivity index is 1.91. The van der Waals surface area contributed by atoms with Gasteiger partial charge >= 0.3 is 6.18 Å². The van der Waals surface area contributed by atoms with E-state index in [2.05, 4.69) is 52.8 Å². The standard InChI is InChI=1S/C18H24F3N5/c1-12-7-13(2)9-14(8-12)5-6-23-17(22-3)24-10-15-11-26(4)25-16(15)18(19,20)21/h7-9,11H,5-6,10H2,1-4H3,(H2,22,23,24). The number of benzene rings is 1. The minimum atomic E-state index is -4.47. The van der Waals surface area contributed by atoms with Gasteiger partial charge in [-0.1, -0.05) is 29.3 Å². The zero-order valence-electron chi connectivity index (χ0n) is 15.4. The molecule has 2 N–H and O–H groups in total. The molecule has 1 aromatic carbocycles. The first-order valence-electron chi connectivity index (χ1n) is 8.30. The van der Waals surface area contributed by atoms with Crippen molar-refractivity contribution in [2.45, 2.75) is 33.0 Å². The van der Waals surface area contributed by atoms with Crippen molar-refractivity contribution in [3.63, 3.8) is 0 Å². The van der Waals surface area contributed by atoms with Crippen LogP contribution in [0.5, 0.6) is 0 Å². The summed E-state index contributed by atoms with van der Waals surface area (Å²) >= 11 is 0. The minimum absolute atomic E-state index is 0.00803. The van der Waals surface area contributed by atoms with E-state index in [0.717, 1.165) is 11.1 Å². The molecule has 0 saturated carbocycles. The lowest BCUT2D eigenvalue weighted by Crippen LogP contribution is -2.38. The summed E-state index contributed by atoms with van der Waals surface area (Å²) in [7, 11) is 3.05. The molecular weight excluding hydrogens is 343 g/mol. The highest BCUT2D eigenvalue weighted by molar-refractivity contribution is 5.79. The molecule has 0 atom stereocenters. The first-order chi connectivity index (χ1) is 12.2. The van der Waals surface area contributed by atoms with Crippen LogP contribution in [0.25, 0.3) is 0 Å². The molecule has 0 unspecified atom stereocenters. The Labute approximate surface area is 151 Å². The van der Waals surface area contributed by atoms with Gasteiger partial charge in [-0.05, 0) is 25.8 Å². The maximum atomic E-state index is 13.0. The van der Waals surface area contributed by atoms with E-state index >= 15 is 0 Å². The number of aryl methyl sites for hydroxylation is 3. The van der Waals surface area contributed by atoms with Crippen molar-refractivity contribution in [1.29, 1.82) is 0 Å².